The van der Waals surface area contributed by atoms with E-state index >= 15 is 0 Å². The maximum absolute atomic E-state index is 6.14. The Morgan fingerprint density at radius 2 is 1.08 bits per heavy atom. The third-order valence-corrected chi connectivity index (χ3v) is 5.01. The van der Waals surface area contributed by atoms with Crippen LogP contribution in [0.15, 0.2) is 103 Å². The Bertz CT molecular complexity index is 1030. The Hall–Kier alpha value is -3.26. The summed E-state index contributed by atoms with van der Waals surface area (Å²) in [5, 5.41) is 0. The summed E-state index contributed by atoms with van der Waals surface area (Å²) in [6.07, 6.45) is 0. The molecular weight excluding hydrogens is 315 g/mol. The van der Waals surface area contributed by atoms with Crippen LogP contribution in [0, 0.1) is 0 Å². The fourth-order valence-corrected chi connectivity index (χ4v) is 3.80. The number of rotatable bonds is 2. The Morgan fingerprint density at radius 1 is 0.500 bits per heavy atom. The van der Waals surface area contributed by atoms with E-state index in [1.165, 1.54) is 27.5 Å². The molecule has 0 saturated heterocycles. The summed E-state index contributed by atoms with van der Waals surface area (Å²) in [4.78, 5) is 0. The van der Waals surface area contributed by atoms with Gasteiger partial charge in [-0.15, -0.1) is 0 Å². The smallest absolute Gasteiger partial charge is 0.250 e. The third-order valence-electron chi connectivity index (χ3n) is 5.01. The summed E-state index contributed by atoms with van der Waals surface area (Å²) in [6.45, 7) is 0.180. The van der Waals surface area contributed by atoms with E-state index in [1.54, 1.807) is 0 Å². The maximum Gasteiger partial charge on any atom is 0.250 e. The van der Waals surface area contributed by atoms with Crippen molar-refractivity contribution in [3.63, 3.8) is 0 Å². The predicted octanol–water partition coefficient (Wildman–Crippen LogP) is 3.98. The summed E-state index contributed by atoms with van der Waals surface area (Å²) in [5.41, 5.74) is 6.20. The molecule has 1 nitrogen and oxygen atoms in total. The van der Waals surface area contributed by atoms with Gasteiger partial charge in [0.25, 0.3) is 6.71 Å². The van der Waals surface area contributed by atoms with Gasteiger partial charge < -0.3 is 4.74 Å². The Balaban J connectivity index is 1.69. The molecule has 0 saturated carbocycles. The Kier molecular flexibility index (Phi) is 3.60. The fourth-order valence-electron chi connectivity index (χ4n) is 3.80. The summed E-state index contributed by atoms with van der Waals surface area (Å²) in [6, 6.07) is 36.1. The molecule has 0 unspecified atom stereocenters. The summed E-state index contributed by atoms with van der Waals surface area (Å²) < 4.78 is 6.14. The van der Waals surface area contributed by atoms with Crippen LogP contribution in [0.3, 0.4) is 0 Å². The Labute approximate surface area is 154 Å². The average Bonchev–Trinajstić information content (AvgIpc) is 2.72. The first kappa shape index (κ1) is 15.0. The van der Waals surface area contributed by atoms with Gasteiger partial charge in [0, 0.05) is 0 Å². The van der Waals surface area contributed by atoms with Crippen molar-refractivity contribution >= 4 is 23.1 Å². The van der Waals surface area contributed by atoms with Crippen LogP contribution >= 0.6 is 0 Å². The fraction of sp³-hybridized carbons (Fsp3) is 0. The van der Waals surface area contributed by atoms with Gasteiger partial charge in [0.15, 0.2) is 0 Å². The highest BCUT2D eigenvalue weighted by atomic mass is 16.5. The molecule has 1 heterocycles. The molecule has 0 aromatic heterocycles. The lowest BCUT2D eigenvalue weighted by molar-refractivity contribution is 0.487. The van der Waals surface area contributed by atoms with E-state index in [-0.39, 0.29) is 6.71 Å². The normalized spacial score (nSPS) is 12.1. The molecule has 0 N–H and O–H groups in total. The molecule has 4 aromatic rings. The largest absolute Gasteiger partial charge is 0.458 e. The molecule has 2 heteroatoms. The standard InChI is InChI=1S/C24H17BO/c1-2-9-18(10-3-1)19-11-8-12-20(17-19)25-21-13-4-6-15-23(21)26-24-16-7-5-14-22(24)25/h1-17H. The van der Waals surface area contributed by atoms with E-state index in [0.717, 1.165) is 11.5 Å². The molecule has 26 heavy (non-hydrogen) atoms. The minimum atomic E-state index is 0.180. The van der Waals surface area contributed by atoms with Gasteiger partial charge >= 0.3 is 0 Å². The van der Waals surface area contributed by atoms with Gasteiger partial charge in [-0.25, -0.2) is 0 Å². The lowest BCUT2D eigenvalue weighted by atomic mass is 9.36. The highest BCUT2D eigenvalue weighted by Gasteiger charge is 2.31. The van der Waals surface area contributed by atoms with Crippen molar-refractivity contribution in [1.82, 2.24) is 0 Å². The van der Waals surface area contributed by atoms with Gasteiger partial charge in [0.05, 0.1) is 0 Å². The molecule has 0 atom stereocenters. The second-order valence-electron chi connectivity index (χ2n) is 6.60. The zero-order chi connectivity index (χ0) is 17.3. The second kappa shape index (κ2) is 6.23. The van der Waals surface area contributed by atoms with Crippen molar-refractivity contribution in [1.29, 1.82) is 0 Å². The van der Waals surface area contributed by atoms with E-state index in [0.29, 0.717) is 0 Å². The van der Waals surface area contributed by atoms with E-state index < -0.39 is 0 Å². The van der Waals surface area contributed by atoms with E-state index in [2.05, 4.69) is 91.0 Å². The molecule has 5 rings (SSSR count). The van der Waals surface area contributed by atoms with Crippen LogP contribution in [0.1, 0.15) is 0 Å². The van der Waals surface area contributed by atoms with Crippen LogP contribution < -0.4 is 21.1 Å². The molecule has 0 amide bonds. The topological polar surface area (TPSA) is 9.23 Å². The van der Waals surface area contributed by atoms with E-state index in [1.807, 2.05) is 12.1 Å². The highest BCUT2D eigenvalue weighted by molar-refractivity contribution is 6.97. The van der Waals surface area contributed by atoms with Crippen LogP contribution in [-0.4, -0.2) is 6.71 Å². The van der Waals surface area contributed by atoms with Crippen LogP contribution in [0.5, 0.6) is 11.5 Å². The minimum absolute atomic E-state index is 0.180. The Morgan fingerprint density at radius 3 is 1.77 bits per heavy atom. The van der Waals surface area contributed by atoms with Crippen molar-refractivity contribution in [3.8, 4) is 22.6 Å². The van der Waals surface area contributed by atoms with Crippen LogP contribution in [-0.2, 0) is 0 Å². The molecular formula is C24H17BO. The van der Waals surface area contributed by atoms with Crippen molar-refractivity contribution in [2.75, 3.05) is 0 Å². The molecule has 122 valence electrons. The van der Waals surface area contributed by atoms with Crippen molar-refractivity contribution in [2.24, 2.45) is 0 Å². The molecule has 1 aliphatic heterocycles. The van der Waals surface area contributed by atoms with Crippen LogP contribution in [0.4, 0.5) is 0 Å². The van der Waals surface area contributed by atoms with Gasteiger partial charge in [-0.2, -0.15) is 0 Å². The predicted molar refractivity (Wildman–Crippen MR) is 109 cm³/mol. The van der Waals surface area contributed by atoms with Crippen LogP contribution in [0.2, 0.25) is 0 Å². The summed E-state index contributed by atoms with van der Waals surface area (Å²) in [5.74, 6) is 1.89. The molecule has 0 fully saturated rings. The van der Waals surface area contributed by atoms with Gasteiger partial charge in [-0.05, 0) is 34.2 Å². The molecule has 4 aromatic carbocycles. The van der Waals surface area contributed by atoms with Gasteiger partial charge in [0.2, 0.25) is 0 Å². The summed E-state index contributed by atoms with van der Waals surface area (Å²) in [7, 11) is 0. The minimum Gasteiger partial charge on any atom is -0.458 e. The highest BCUT2D eigenvalue weighted by Crippen LogP contribution is 2.24. The molecule has 0 aliphatic carbocycles. The SMILES string of the molecule is c1ccc(-c2cccc(B3c4ccccc4Oc4ccccc43)c2)cc1. The average molecular weight is 332 g/mol. The lowest BCUT2D eigenvalue weighted by Gasteiger charge is -2.26. The van der Waals surface area contributed by atoms with E-state index in [9.17, 15) is 0 Å². The van der Waals surface area contributed by atoms with Crippen molar-refractivity contribution < 1.29 is 4.74 Å². The molecule has 0 radical (unpaired) electrons. The number of hydrogen-bond donors (Lipinski definition) is 0. The number of fused-ring (bicyclic) bond motifs is 2. The first-order valence-corrected chi connectivity index (χ1v) is 8.91. The monoisotopic (exact) mass is 332 g/mol. The quantitative estimate of drug-likeness (QED) is 0.445. The van der Waals surface area contributed by atoms with E-state index in [4.69, 9.17) is 4.74 Å². The molecule has 1 aliphatic rings. The van der Waals surface area contributed by atoms with Gasteiger partial charge in [-0.1, -0.05) is 96.5 Å². The second-order valence-corrected chi connectivity index (χ2v) is 6.60. The number of benzene rings is 4. The maximum atomic E-state index is 6.14. The van der Waals surface area contributed by atoms with Crippen LogP contribution in [0.25, 0.3) is 11.1 Å². The third kappa shape index (κ3) is 2.51. The first-order valence-electron chi connectivity index (χ1n) is 8.91. The van der Waals surface area contributed by atoms with Crippen molar-refractivity contribution in [2.45, 2.75) is 0 Å². The lowest BCUT2D eigenvalue weighted by Crippen LogP contribution is -2.54. The number of para-hydroxylation sites is 2. The number of ether oxygens (including phenoxy) is 1. The van der Waals surface area contributed by atoms with Crippen molar-refractivity contribution in [3.05, 3.63) is 103 Å². The first-order chi connectivity index (χ1) is 12.9. The van der Waals surface area contributed by atoms with Gasteiger partial charge in [0.1, 0.15) is 11.5 Å². The summed E-state index contributed by atoms with van der Waals surface area (Å²) >= 11 is 0. The zero-order valence-electron chi connectivity index (χ0n) is 14.3. The molecule has 0 spiro atoms. The number of hydrogen-bond acceptors (Lipinski definition) is 1. The molecule has 0 bridgehead atoms. The van der Waals surface area contributed by atoms with Gasteiger partial charge in [-0.3, -0.25) is 0 Å². The zero-order valence-corrected chi connectivity index (χ0v) is 14.3.